The first-order chi connectivity index (χ1) is 6.83. The summed E-state index contributed by atoms with van der Waals surface area (Å²) in [5, 5.41) is 6.66. The summed E-state index contributed by atoms with van der Waals surface area (Å²) in [6.45, 7) is 8.91. The lowest BCUT2D eigenvalue weighted by Gasteiger charge is -2.29. The molecule has 0 amide bonds. The van der Waals surface area contributed by atoms with Gasteiger partial charge < -0.3 is 4.90 Å². The van der Waals surface area contributed by atoms with Gasteiger partial charge in [0.2, 0.25) is 0 Å². The molecule has 3 nitrogen and oxygen atoms in total. The number of nitrogens with zero attached hydrogens (tertiary/aromatic N) is 3. The Kier molecular flexibility index (Phi) is 4.77. The van der Waals surface area contributed by atoms with Crippen molar-refractivity contribution in [3.63, 3.8) is 0 Å². The Morgan fingerprint density at radius 1 is 1.14 bits per heavy atom. The molecule has 3 heteroatoms. The maximum absolute atomic E-state index is 4.45. The lowest BCUT2D eigenvalue weighted by atomic mass is 10.2. The van der Waals surface area contributed by atoms with Gasteiger partial charge in [-0.25, -0.2) is 0 Å². The van der Waals surface area contributed by atoms with Gasteiger partial charge in [0.05, 0.1) is 0 Å². The molecule has 0 aromatic heterocycles. The second kappa shape index (κ2) is 5.89. The van der Waals surface area contributed by atoms with Gasteiger partial charge in [-0.05, 0) is 19.3 Å². The van der Waals surface area contributed by atoms with E-state index in [2.05, 4.69) is 35.8 Å². The molecule has 0 radical (unpaired) electrons. The van der Waals surface area contributed by atoms with E-state index in [1.807, 2.05) is 6.34 Å². The molecule has 0 spiro atoms. The SMILES string of the molecule is CCCCN1C=NN(CCC)C1CC. The van der Waals surface area contributed by atoms with E-state index in [9.17, 15) is 0 Å². The third-order valence-corrected chi connectivity index (χ3v) is 2.66. The van der Waals surface area contributed by atoms with Crippen LogP contribution in [0.1, 0.15) is 46.5 Å². The predicted octanol–water partition coefficient (Wildman–Crippen LogP) is 2.49. The summed E-state index contributed by atoms with van der Waals surface area (Å²) >= 11 is 0. The van der Waals surface area contributed by atoms with Crippen LogP contribution in [0.3, 0.4) is 0 Å². The van der Waals surface area contributed by atoms with Gasteiger partial charge in [-0.2, -0.15) is 5.10 Å². The maximum atomic E-state index is 4.45. The molecule has 0 saturated carbocycles. The van der Waals surface area contributed by atoms with E-state index in [0.29, 0.717) is 6.17 Å². The molecule has 0 aromatic carbocycles. The molecule has 1 aliphatic rings. The zero-order chi connectivity index (χ0) is 10.4. The fourth-order valence-electron chi connectivity index (χ4n) is 1.89. The summed E-state index contributed by atoms with van der Waals surface area (Å²) in [6, 6.07) is 0. The molecular weight excluding hydrogens is 174 g/mol. The Balaban J connectivity index is 2.42. The van der Waals surface area contributed by atoms with Crippen LogP contribution >= 0.6 is 0 Å². The molecule has 1 heterocycles. The van der Waals surface area contributed by atoms with Crippen LogP contribution in [0.2, 0.25) is 0 Å². The summed E-state index contributed by atoms with van der Waals surface area (Å²) in [5.74, 6) is 0. The molecule has 1 aliphatic heterocycles. The lowest BCUT2D eigenvalue weighted by Crippen LogP contribution is -2.39. The fourth-order valence-corrected chi connectivity index (χ4v) is 1.89. The number of hydrogen-bond donors (Lipinski definition) is 0. The van der Waals surface area contributed by atoms with Crippen LogP contribution in [0.15, 0.2) is 5.10 Å². The van der Waals surface area contributed by atoms with Crippen molar-refractivity contribution >= 4 is 6.34 Å². The first-order valence-electron chi connectivity index (χ1n) is 5.89. The van der Waals surface area contributed by atoms with Crippen LogP contribution in [0.4, 0.5) is 0 Å². The minimum Gasteiger partial charge on any atom is -0.339 e. The highest BCUT2D eigenvalue weighted by Gasteiger charge is 2.24. The van der Waals surface area contributed by atoms with E-state index < -0.39 is 0 Å². The van der Waals surface area contributed by atoms with E-state index in [1.54, 1.807) is 0 Å². The molecule has 0 aliphatic carbocycles. The van der Waals surface area contributed by atoms with Crippen molar-refractivity contribution < 1.29 is 0 Å². The van der Waals surface area contributed by atoms with Crippen molar-refractivity contribution in [3.05, 3.63) is 0 Å². The fraction of sp³-hybridized carbons (Fsp3) is 0.909. The highest BCUT2D eigenvalue weighted by Crippen LogP contribution is 2.16. The van der Waals surface area contributed by atoms with Gasteiger partial charge in [0.15, 0.2) is 0 Å². The summed E-state index contributed by atoms with van der Waals surface area (Å²) in [7, 11) is 0. The summed E-state index contributed by atoms with van der Waals surface area (Å²) in [6.07, 6.45) is 7.39. The van der Waals surface area contributed by atoms with Crippen LogP contribution in [-0.2, 0) is 0 Å². The molecule has 0 bridgehead atoms. The Bertz CT molecular complexity index is 179. The molecule has 0 aromatic rings. The quantitative estimate of drug-likeness (QED) is 0.651. The van der Waals surface area contributed by atoms with Crippen molar-refractivity contribution in [3.8, 4) is 0 Å². The van der Waals surface area contributed by atoms with Gasteiger partial charge in [0.1, 0.15) is 12.5 Å². The predicted molar refractivity (Wildman–Crippen MR) is 61.2 cm³/mol. The zero-order valence-corrected chi connectivity index (χ0v) is 9.74. The monoisotopic (exact) mass is 197 g/mol. The number of rotatable bonds is 6. The molecule has 0 N–H and O–H groups in total. The summed E-state index contributed by atoms with van der Waals surface area (Å²) in [4.78, 5) is 2.37. The Hall–Kier alpha value is -0.730. The van der Waals surface area contributed by atoms with Gasteiger partial charge in [-0.1, -0.05) is 27.2 Å². The first-order valence-corrected chi connectivity index (χ1v) is 5.89. The Morgan fingerprint density at radius 2 is 1.93 bits per heavy atom. The number of unbranched alkanes of at least 4 members (excludes halogenated alkanes) is 1. The van der Waals surface area contributed by atoms with Gasteiger partial charge >= 0.3 is 0 Å². The summed E-state index contributed by atoms with van der Waals surface area (Å²) < 4.78 is 0. The number of hydrogen-bond acceptors (Lipinski definition) is 3. The highest BCUT2D eigenvalue weighted by atomic mass is 15.6. The maximum Gasteiger partial charge on any atom is 0.118 e. The molecule has 1 rings (SSSR count). The largest absolute Gasteiger partial charge is 0.339 e. The van der Waals surface area contributed by atoms with Crippen molar-refractivity contribution in [2.24, 2.45) is 5.10 Å². The smallest absolute Gasteiger partial charge is 0.118 e. The Morgan fingerprint density at radius 3 is 2.50 bits per heavy atom. The second-order valence-corrected chi connectivity index (χ2v) is 3.87. The minimum atomic E-state index is 0.515. The highest BCUT2D eigenvalue weighted by molar-refractivity contribution is 5.57. The topological polar surface area (TPSA) is 18.8 Å². The minimum absolute atomic E-state index is 0.515. The van der Waals surface area contributed by atoms with Crippen LogP contribution in [0.25, 0.3) is 0 Å². The average Bonchev–Trinajstić information content (AvgIpc) is 2.58. The van der Waals surface area contributed by atoms with Gasteiger partial charge in [0.25, 0.3) is 0 Å². The third kappa shape index (κ3) is 2.63. The van der Waals surface area contributed by atoms with Crippen LogP contribution in [-0.4, -0.2) is 35.5 Å². The first kappa shape index (κ1) is 11.3. The van der Waals surface area contributed by atoms with Gasteiger partial charge in [-0.15, -0.1) is 0 Å². The molecule has 1 atom stereocenters. The van der Waals surface area contributed by atoms with E-state index in [0.717, 1.165) is 19.5 Å². The molecular formula is C11H23N3. The molecule has 0 saturated heterocycles. The van der Waals surface area contributed by atoms with E-state index in [4.69, 9.17) is 0 Å². The lowest BCUT2D eigenvalue weighted by molar-refractivity contribution is 0.126. The van der Waals surface area contributed by atoms with Gasteiger partial charge in [-0.3, -0.25) is 5.01 Å². The van der Waals surface area contributed by atoms with Crippen molar-refractivity contribution in [2.45, 2.75) is 52.6 Å². The average molecular weight is 197 g/mol. The molecule has 82 valence electrons. The second-order valence-electron chi connectivity index (χ2n) is 3.87. The molecule has 0 fully saturated rings. The van der Waals surface area contributed by atoms with E-state index in [1.165, 1.54) is 19.3 Å². The van der Waals surface area contributed by atoms with Crippen molar-refractivity contribution in [1.29, 1.82) is 0 Å². The third-order valence-electron chi connectivity index (χ3n) is 2.66. The summed E-state index contributed by atoms with van der Waals surface area (Å²) in [5.41, 5.74) is 0. The van der Waals surface area contributed by atoms with Crippen molar-refractivity contribution in [2.75, 3.05) is 13.1 Å². The van der Waals surface area contributed by atoms with Gasteiger partial charge in [0, 0.05) is 13.1 Å². The normalized spacial score (nSPS) is 20.9. The molecule has 1 unspecified atom stereocenters. The van der Waals surface area contributed by atoms with Crippen LogP contribution in [0.5, 0.6) is 0 Å². The van der Waals surface area contributed by atoms with Crippen molar-refractivity contribution in [1.82, 2.24) is 9.91 Å². The molecule has 14 heavy (non-hydrogen) atoms. The Labute approximate surface area is 87.8 Å². The zero-order valence-electron chi connectivity index (χ0n) is 9.74. The standard InChI is InChI=1S/C11H23N3/c1-4-7-9-13-10-12-14(8-5-2)11(13)6-3/h10-11H,4-9H2,1-3H3. The number of hydrazone groups is 1. The van der Waals surface area contributed by atoms with E-state index in [-0.39, 0.29) is 0 Å². The van der Waals surface area contributed by atoms with E-state index >= 15 is 0 Å². The van der Waals surface area contributed by atoms with Crippen LogP contribution < -0.4 is 0 Å². The van der Waals surface area contributed by atoms with Crippen LogP contribution in [0, 0.1) is 0 Å².